The minimum absolute atomic E-state index is 0.0566. The predicted octanol–water partition coefficient (Wildman–Crippen LogP) is 2.58. The third-order valence-corrected chi connectivity index (χ3v) is 3.66. The van der Waals surface area contributed by atoms with Gasteiger partial charge < -0.3 is 19.9 Å². The molecule has 0 saturated heterocycles. The number of benzene rings is 1. The Morgan fingerprint density at radius 3 is 2.52 bits per heavy atom. The van der Waals surface area contributed by atoms with Gasteiger partial charge in [-0.25, -0.2) is 14.6 Å². The number of alkyl carbamates (subject to hydrolysis) is 1. The van der Waals surface area contributed by atoms with Crippen molar-refractivity contribution in [3.05, 3.63) is 35.5 Å². The largest absolute Gasteiger partial charge is 0.494 e. The van der Waals surface area contributed by atoms with Crippen LogP contribution in [0.2, 0.25) is 0 Å². The van der Waals surface area contributed by atoms with Crippen LogP contribution in [0.25, 0.3) is 10.9 Å². The lowest BCUT2D eigenvalue weighted by Crippen LogP contribution is -2.44. The van der Waals surface area contributed by atoms with E-state index in [1.54, 1.807) is 45.0 Å². The molecular formula is C19H22N2O6. The zero-order valence-corrected chi connectivity index (χ0v) is 15.6. The Morgan fingerprint density at radius 2 is 1.96 bits per heavy atom. The number of hydrogen-bond acceptors (Lipinski definition) is 6. The average Bonchev–Trinajstić information content (AvgIpc) is 2.58. The first-order valence-corrected chi connectivity index (χ1v) is 8.28. The van der Waals surface area contributed by atoms with Crippen LogP contribution in [-0.2, 0) is 16.0 Å². The molecule has 2 aromatic rings. The molecule has 1 atom stereocenters. The molecule has 0 fully saturated rings. The van der Waals surface area contributed by atoms with Crippen LogP contribution in [0.15, 0.2) is 24.3 Å². The van der Waals surface area contributed by atoms with Gasteiger partial charge in [0.15, 0.2) is 6.29 Å². The first-order chi connectivity index (χ1) is 12.6. The van der Waals surface area contributed by atoms with Gasteiger partial charge in [0.25, 0.3) is 0 Å². The number of methoxy groups -OCH3 is 1. The van der Waals surface area contributed by atoms with Gasteiger partial charge in [0.1, 0.15) is 22.9 Å². The number of nitrogens with zero attached hydrogens (tertiary/aromatic N) is 1. The number of pyridine rings is 1. The van der Waals surface area contributed by atoms with E-state index in [4.69, 9.17) is 9.47 Å². The molecular weight excluding hydrogens is 352 g/mol. The zero-order valence-electron chi connectivity index (χ0n) is 15.6. The number of hydrogen-bond donors (Lipinski definition) is 2. The summed E-state index contributed by atoms with van der Waals surface area (Å²) in [6.07, 6.45) is -0.164. The summed E-state index contributed by atoms with van der Waals surface area (Å²) in [5.74, 6) is -0.749. The molecule has 1 unspecified atom stereocenters. The van der Waals surface area contributed by atoms with Crippen LogP contribution >= 0.6 is 0 Å². The van der Waals surface area contributed by atoms with Crippen LogP contribution in [-0.4, -0.2) is 47.2 Å². The van der Waals surface area contributed by atoms with Gasteiger partial charge in [0, 0.05) is 23.1 Å². The van der Waals surface area contributed by atoms with Gasteiger partial charge in [-0.2, -0.15) is 0 Å². The van der Waals surface area contributed by atoms with E-state index >= 15 is 0 Å². The van der Waals surface area contributed by atoms with Crippen molar-refractivity contribution in [2.75, 3.05) is 7.11 Å². The lowest BCUT2D eigenvalue weighted by molar-refractivity contribution is -0.139. The number of fused-ring (bicyclic) bond motifs is 1. The number of amides is 1. The van der Waals surface area contributed by atoms with Gasteiger partial charge in [0.2, 0.25) is 0 Å². The summed E-state index contributed by atoms with van der Waals surface area (Å²) >= 11 is 0. The van der Waals surface area contributed by atoms with E-state index in [-0.39, 0.29) is 6.42 Å². The SMILES string of the molecule is COc1ccc(C=O)c2ccc(CC(NC(=O)OC(C)(C)C)C(=O)O)nc12. The van der Waals surface area contributed by atoms with Crippen LogP contribution in [0.4, 0.5) is 4.79 Å². The van der Waals surface area contributed by atoms with E-state index in [1.807, 2.05) is 0 Å². The average molecular weight is 374 g/mol. The maximum Gasteiger partial charge on any atom is 0.408 e. The lowest BCUT2D eigenvalue weighted by Gasteiger charge is -2.22. The highest BCUT2D eigenvalue weighted by molar-refractivity contribution is 5.99. The van der Waals surface area contributed by atoms with E-state index in [0.29, 0.717) is 34.2 Å². The van der Waals surface area contributed by atoms with Crippen molar-refractivity contribution in [3.8, 4) is 5.75 Å². The molecule has 0 saturated carbocycles. The molecule has 8 heteroatoms. The second-order valence-electron chi connectivity index (χ2n) is 6.91. The third kappa shape index (κ3) is 5.16. The molecule has 0 radical (unpaired) electrons. The van der Waals surface area contributed by atoms with Gasteiger partial charge in [0.05, 0.1) is 7.11 Å². The standard InChI is InChI=1S/C19H22N2O6/c1-19(2,3)27-18(25)21-14(17(23)24)9-12-6-7-13-11(10-22)5-8-15(26-4)16(13)20-12/h5-8,10,14H,9H2,1-4H3,(H,21,25)(H,23,24). The van der Waals surface area contributed by atoms with Crippen LogP contribution in [0, 0.1) is 0 Å². The number of rotatable bonds is 6. The number of carbonyl (C=O) groups excluding carboxylic acids is 2. The van der Waals surface area contributed by atoms with Crippen molar-refractivity contribution in [2.24, 2.45) is 0 Å². The van der Waals surface area contributed by atoms with Crippen molar-refractivity contribution < 1.29 is 29.0 Å². The second kappa shape index (κ2) is 8.03. The van der Waals surface area contributed by atoms with Gasteiger partial charge in [-0.1, -0.05) is 6.07 Å². The van der Waals surface area contributed by atoms with Crippen molar-refractivity contribution in [2.45, 2.75) is 38.8 Å². The quantitative estimate of drug-likeness (QED) is 0.747. The number of nitrogens with one attached hydrogen (secondary N) is 1. The maximum atomic E-state index is 11.9. The Hall–Kier alpha value is -3.16. The van der Waals surface area contributed by atoms with E-state index in [9.17, 15) is 19.5 Å². The Morgan fingerprint density at radius 1 is 1.26 bits per heavy atom. The number of carboxylic acid groups (broad SMARTS) is 1. The van der Waals surface area contributed by atoms with Crippen LogP contribution in [0.1, 0.15) is 36.8 Å². The molecule has 0 aliphatic carbocycles. The normalized spacial score (nSPS) is 12.3. The number of carbonyl (C=O) groups is 3. The van der Waals surface area contributed by atoms with Crippen molar-refractivity contribution >= 4 is 29.3 Å². The third-order valence-electron chi connectivity index (χ3n) is 3.66. The van der Waals surface area contributed by atoms with E-state index in [0.717, 1.165) is 0 Å². The highest BCUT2D eigenvalue weighted by atomic mass is 16.6. The topological polar surface area (TPSA) is 115 Å². The number of carboxylic acids is 1. The molecule has 0 spiro atoms. The Kier molecular flexibility index (Phi) is 5.99. The molecule has 27 heavy (non-hydrogen) atoms. The number of ether oxygens (including phenoxy) is 2. The molecule has 1 amide bonds. The molecule has 0 aliphatic rings. The van der Waals surface area contributed by atoms with Crippen LogP contribution in [0.5, 0.6) is 5.75 Å². The van der Waals surface area contributed by atoms with Gasteiger partial charge in [-0.15, -0.1) is 0 Å². The molecule has 1 aromatic heterocycles. The smallest absolute Gasteiger partial charge is 0.408 e. The van der Waals surface area contributed by atoms with E-state index in [1.165, 1.54) is 7.11 Å². The Balaban J connectivity index is 2.30. The Labute approximate surface area is 156 Å². The summed E-state index contributed by atoms with van der Waals surface area (Å²) in [7, 11) is 1.48. The molecule has 144 valence electrons. The fourth-order valence-electron chi connectivity index (χ4n) is 2.49. The molecule has 2 rings (SSSR count). The van der Waals surface area contributed by atoms with Crippen molar-refractivity contribution in [1.29, 1.82) is 0 Å². The Bertz CT molecular complexity index is 872. The molecule has 1 heterocycles. The second-order valence-corrected chi connectivity index (χ2v) is 6.91. The zero-order chi connectivity index (χ0) is 20.2. The molecule has 0 aliphatic heterocycles. The number of aromatic nitrogens is 1. The van der Waals surface area contributed by atoms with E-state index < -0.39 is 23.7 Å². The summed E-state index contributed by atoms with van der Waals surface area (Å²) in [5.41, 5.74) is 0.576. The highest BCUT2D eigenvalue weighted by Crippen LogP contribution is 2.26. The van der Waals surface area contributed by atoms with Gasteiger partial charge in [-0.3, -0.25) is 4.79 Å². The molecule has 0 bridgehead atoms. The molecule has 1 aromatic carbocycles. The first-order valence-electron chi connectivity index (χ1n) is 8.28. The first kappa shape index (κ1) is 20.2. The molecule has 8 nitrogen and oxygen atoms in total. The predicted molar refractivity (Wildman–Crippen MR) is 98.2 cm³/mol. The van der Waals surface area contributed by atoms with Gasteiger partial charge >= 0.3 is 12.1 Å². The minimum atomic E-state index is -1.22. The minimum Gasteiger partial charge on any atom is -0.494 e. The van der Waals surface area contributed by atoms with Gasteiger partial charge in [-0.05, 0) is 39.0 Å². The monoisotopic (exact) mass is 374 g/mol. The number of aldehydes is 1. The fourth-order valence-corrected chi connectivity index (χ4v) is 2.49. The fraction of sp³-hybridized carbons (Fsp3) is 0.368. The highest BCUT2D eigenvalue weighted by Gasteiger charge is 2.25. The summed E-state index contributed by atoms with van der Waals surface area (Å²) in [4.78, 5) is 39.0. The van der Waals surface area contributed by atoms with Crippen molar-refractivity contribution in [1.82, 2.24) is 10.3 Å². The van der Waals surface area contributed by atoms with Crippen molar-refractivity contribution in [3.63, 3.8) is 0 Å². The summed E-state index contributed by atoms with van der Waals surface area (Å²) in [5, 5.41) is 12.3. The summed E-state index contributed by atoms with van der Waals surface area (Å²) < 4.78 is 10.4. The summed E-state index contributed by atoms with van der Waals surface area (Å²) in [6, 6.07) is 5.32. The number of aliphatic carboxylic acids is 1. The maximum absolute atomic E-state index is 11.9. The van der Waals surface area contributed by atoms with E-state index in [2.05, 4.69) is 10.3 Å². The van der Waals surface area contributed by atoms with Crippen LogP contribution < -0.4 is 10.1 Å². The van der Waals surface area contributed by atoms with Crippen LogP contribution in [0.3, 0.4) is 0 Å². The summed E-state index contributed by atoms with van der Waals surface area (Å²) in [6.45, 7) is 5.05. The lowest BCUT2D eigenvalue weighted by atomic mass is 10.1. The molecule has 2 N–H and O–H groups in total.